The number of hydrogen-bond donors (Lipinski definition) is 1. The molecular formula is C8H13N3O2. The molecule has 5 heteroatoms. The molecule has 0 saturated carbocycles. The molecule has 0 aromatic carbocycles. The molecule has 1 aliphatic heterocycles. The van der Waals surface area contributed by atoms with E-state index in [-0.39, 0.29) is 6.10 Å². The van der Waals surface area contributed by atoms with Gasteiger partial charge in [0, 0.05) is 18.8 Å². The number of hydrogen-bond acceptors (Lipinski definition) is 4. The first-order valence-electron chi connectivity index (χ1n) is 4.27. The van der Waals surface area contributed by atoms with Crippen LogP contribution in [0.3, 0.4) is 0 Å². The molecule has 1 fully saturated rings. The van der Waals surface area contributed by atoms with Crippen molar-refractivity contribution in [1.29, 1.82) is 0 Å². The van der Waals surface area contributed by atoms with E-state index in [0.29, 0.717) is 19.7 Å². The lowest BCUT2D eigenvalue weighted by molar-refractivity contribution is -0.117. The number of hydroxylamine groups is 2. The molecule has 1 N–H and O–H groups in total. The summed E-state index contributed by atoms with van der Waals surface area (Å²) in [6.07, 6.45) is 3.39. The highest BCUT2D eigenvalue weighted by atomic mass is 16.7. The molecular weight excluding hydrogens is 170 g/mol. The second-order valence-electron chi connectivity index (χ2n) is 3.29. The van der Waals surface area contributed by atoms with Crippen molar-refractivity contribution >= 4 is 0 Å². The normalized spacial score (nSPS) is 24.0. The summed E-state index contributed by atoms with van der Waals surface area (Å²) in [4.78, 5) is 5.22. The molecule has 0 bridgehead atoms. The van der Waals surface area contributed by atoms with E-state index in [1.807, 2.05) is 13.2 Å². The van der Waals surface area contributed by atoms with Crippen LogP contribution in [0.25, 0.3) is 0 Å². The lowest BCUT2D eigenvalue weighted by Gasteiger charge is -2.11. The Morgan fingerprint density at radius 2 is 2.62 bits per heavy atom. The van der Waals surface area contributed by atoms with Crippen LogP contribution in [0.4, 0.5) is 0 Å². The van der Waals surface area contributed by atoms with Crippen LogP contribution < -0.4 is 0 Å². The minimum Gasteiger partial charge on any atom is -0.389 e. The van der Waals surface area contributed by atoms with Crippen LogP contribution in [0, 0.1) is 0 Å². The van der Waals surface area contributed by atoms with Gasteiger partial charge in [-0.25, -0.2) is 0 Å². The van der Waals surface area contributed by atoms with Crippen LogP contribution in [-0.2, 0) is 18.4 Å². The molecule has 1 atom stereocenters. The average molecular weight is 183 g/mol. The summed E-state index contributed by atoms with van der Waals surface area (Å²) in [7, 11) is 1.88. The van der Waals surface area contributed by atoms with Gasteiger partial charge in [-0.2, -0.15) is 10.2 Å². The Labute approximate surface area is 76.5 Å². The first kappa shape index (κ1) is 8.68. The lowest BCUT2D eigenvalue weighted by atomic mass is 10.3. The second-order valence-corrected chi connectivity index (χ2v) is 3.29. The number of β-amino-alcohol motifs (C(OH)–C–C–N with tert-alkyl or cyclic N) is 1. The molecule has 1 aliphatic rings. The smallest absolute Gasteiger partial charge is 0.0958 e. The summed E-state index contributed by atoms with van der Waals surface area (Å²) in [5, 5.41) is 15.0. The van der Waals surface area contributed by atoms with Crippen LogP contribution in [0.5, 0.6) is 0 Å². The number of aliphatic hydroxyl groups excluding tert-OH is 1. The highest BCUT2D eigenvalue weighted by Gasteiger charge is 2.21. The van der Waals surface area contributed by atoms with Crippen molar-refractivity contribution in [3.8, 4) is 0 Å². The molecule has 5 nitrogen and oxygen atoms in total. The number of aliphatic hydroxyl groups is 1. The predicted molar refractivity (Wildman–Crippen MR) is 45.6 cm³/mol. The molecule has 0 unspecified atom stereocenters. The Morgan fingerprint density at radius 3 is 3.15 bits per heavy atom. The Morgan fingerprint density at radius 1 is 1.77 bits per heavy atom. The number of aromatic nitrogens is 2. The van der Waals surface area contributed by atoms with Crippen molar-refractivity contribution in [3.05, 3.63) is 18.0 Å². The summed E-state index contributed by atoms with van der Waals surface area (Å²) in [6.45, 7) is 1.67. The van der Waals surface area contributed by atoms with Crippen molar-refractivity contribution in [3.63, 3.8) is 0 Å². The molecule has 2 heterocycles. The van der Waals surface area contributed by atoms with E-state index in [1.54, 1.807) is 15.9 Å². The maximum Gasteiger partial charge on any atom is 0.0958 e. The maximum atomic E-state index is 9.20. The fourth-order valence-electron chi connectivity index (χ4n) is 1.40. The van der Waals surface area contributed by atoms with E-state index in [9.17, 15) is 5.11 Å². The number of rotatable bonds is 2. The molecule has 0 spiro atoms. The fraction of sp³-hybridized carbons (Fsp3) is 0.625. The van der Waals surface area contributed by atoms with Crippen LogP contribution in [0.15, 0.2) is 12.4 Å². The monoisotopic (exact) mass is 183 g/mol. The van der Waals surface area contributed by atoms with Crippen molar-refractivity contribution in [2.24, 2.45) is 7.05 Å². The van der Waals surface area contributed by atoms with E-state index >= 15 is 0 Å². The summed E-state index contributed by atoms with van der Waals surface area (Å²) in [5.74, 6) is 0. The number of aryl methyl sites for hydroxylation is 1. The Kier molecular flexibility index (Phi) is 2.30. The third-order valence-corrected chi connectivity index (χ3v) is 1.98. The highest BCUT2D eigenvalue weighted by Crippen LogP contribution is 2.10. The van der Waals surface area contributed by atoms with Crippen LogP contribution >= 0.6 is 0 Å². The van der Waals surface area contributed by atoms with Gasteiger partial charge < -0.3 is 5.11 Å². The van der Waals surface area contributed by atoms with Gasteiger partial charge >= 0.3 is 0 Å². The zero-order valence-corrected chi connectivity index (χ0v) is 7.55. The van der Waals surface area contributed by atoms with Crippen molar-refractivity contribution in [2.75, 3.05) is 13.2 Å². The van der Waals surface area contributed by atoms with Crippen LogP contribution in [0.1, 0.15) is 5.56 Å². The molecule has 1 aromatic heterocycles. The van der Waals surface area contributed by atoms with Gasteiger partial charge in [-0.3, -0.25) is 9.52 Å². The predicted octanol–water partition coefficient (Wildman–Crippen LogP) is -0.472. The summed E-state index contributed by atoms with van der Waals surface area (Å²) in [6, 6.07) is 0. The van der Waals surface area contributed by atoms with E-state index in [4.69, 9.17) is 4.84 Å². The minimum atomic E-state index is -0.350. The SMILES string of the molecule is Cn1cc(CN2C[C@H](O)CO2)cn1. The first-order chi connectivity index (χ1) is 6.24. The van der Waals surface area contributed by atoms with Gasteiger partial charge in [0.25, 0.3) is 0 Å². The number of nitrogens with zero attached hydrogens (tertiary/aromatic N) is 3. The first-order valence-corrected chi connectivity index (χ1v) is 4.27. The standard InChI is InChI=1S/C8H13N3O2/c1-10-3-7(2-9-10)4-11-5-8(12)6-13-11/h2-3,8,12H,4-6H2,1H3/t8-/m0/s1. The summed E-state index contributed by atoms with van der Waals surface area (Å²) < 4.78 is 1.75. The van der Waals surface area contributed by atoms with Gasteiger partial charge in [-0.05, 0) is 0 Å². The minimum absolute atomic E-state index is 0.350. The molecule has 1 aromatic rings. The van der Waals surface area contributed by atoms with Gasteiger partial charge in [0.15, 0.2) is 0 Å². The van der Waals surface area contributed by atoms with Crippen LogP contribution in [0.2, 0.25) is 0 Å². The third kappa shape index (κ3) is 2.06. The molecule has 0 amide bonds. The van der Waals surface area contributed by atoms with Gasteiger partial charge in [0.1, 0.15) is 0 Å². The molecule has 1 saturated heterocycles. The lowest BCUT2D eigenvalue weighted by Crippen LogP contribution is -2.20. The van der Waals surface area contributed by atoms with Gasteiger partial charge in [0.05, 0.1) is 32.0 Å². The van der Waals surface area contributed by atoms with E-state index < -0.39 is 0 Å². The van der Waals surface area contributed by atoms with Crippen molar-refractivity contribution < 1.29 is 9.94 Å². The Bertz CT molecular complexity index is 287. The van der Waals surface area contributed by atoms with Gasteiger partial charge in [-0.1, -0.05) is 0 Å². The Balaban J connectivity index is 1.91. The van der Waals surface area contributed by atoms with Gasteiger partial charge in [0.2, 0.25) is 0 Å². The zero-order valence-electron chi connectivity index (χ0n) is 7.55. The zero-order chi connectivity index (χ0) is 9.26. The quantitative estimate of drug-likeness (QED) is 0.673. The molecule has 0 radical (unpaired) electrons. The molecule has 72 valence electrons. The third-order valence-electron chi connectivity index (χ3n) is 1.98. The van der Waals surface area contributed by atoms with E-state index in [0.717, 1.165) is 5.56 Å². The summed E-state index contributed by atoms with van der Waals surface area (Å²) >= 11 is 0. The highest BCUT2D eigenvalue weighted by molar-refractivity contribution is 5.02. The van der Waals surface area contributed by atoms with E-state index in [2.05, 4.69) is 5.10 Å². The molecule has 2 rings (SSSR count). The van der Waals surface area contributed by atoms with Gasteiger partial charge in [-0.15, -0.1) is 0 Å². The molecule has 13 heavy (non-hydrogen) atoms. The van der Waals surface area contributed by atoms with Crippen molar-refractivity contribution in [2.45, 2.75) is 12.6 Å². The summed E-state index contributed by atoms with van der Waals surface area (Å²) in [5.41, 5.74) is 1.09. The molecule has 0 aliphatic carbocycles. The second kappa shape index (κ2) is 3.45. The Hall–Kier alpha value is -0.910. The van der Waals surface area contributed by atoms with Crippen molar-refractivity contribution in [1.82, 2.24) is 14.8 Å². The van der Waals surface area contributed by atoms with E-state index in [1.165, 1.54) is 0 Å². The largest absolute Gasteiger partial charge is 0.389 e. The van der Waals surface area contributed by atoms with Crippen LogP contribution in [-0.4, -0.2) is 39.2 Å². The fourth-order valence-corrected chi connectivity index (χ4v) is 1.40. The topological polar surface area (TPSA) is 50.5 Å². The maximum absolute atomic E-state index is 9.20. The average Bonchev–Trinajstić information content (AvgIpc) is 2.62.